The quantitative estimate of drug-likeness (QED) is 0.648. The Hall–Kier alpha value is -1.53. The number of likely N-dealkylation sites (tertiary alicyclic amines) is 1. The summed E-state index contributed by atoms with van der Waals surface area (Å²) in [6.07, 6.45) is 1.55. The van der Waals surface area contributed by atoms with E-state index in [1.165, 1.54) is 5.56 Å². The maximum absolute atomic E-state index is 13.2. The van der Waals surface area contributed by atoms with Crippen LogP contribution in [-0.2, 0) is 15.0 Å². The molecule has 0 aliphatic carbocycles. The third kappa shape index (κ3) is 2.93. The van der Waals surface area contributed by atoms with Crippen LogP contribution in [0.2, 0.25) is 0 Å². The number of thioether (sulfide) groups is 1. The van der Waals surface area contributed by atoms with Gasteiger partial charge in [-0.25, -0.2) is 5.48 Å². The molecule has 0 radical (unpaired) electrons. The molecule has 3 atom stereocenters. The van der Waals surface area contributed by atoms with Gasteiger partial charge in [0, 0.05) is 18.3 Å². The first-order chi connectivity index (χ1) is 11.5. The van der Waals surface area contributed by atoms with E-state index in [0.29, 0.717) is 12.3 Å². The first-order valence-corrected chi connectivity index (χ1v) is 9.53. The van der Waals surface area contributed by atoms with Gasteiger partial charge in [0.1, 0.15) is 0 Å². The lowest BCUT2D eigenvalue weighted by Crippen LogP contribution is -2.51. The molecule has 2 heterocycles. The minimum atomic E-state index is -0.529. The number of carbonyl (C=O) groups is 2. The largest absolute Gasteiger partial charge is 0.338 e. The summed E-state index contributed by atoms with van der Waals surface area (Å²) in [4.78, 5) is 27.1. The van der Waals surface area contributed by atoms with Crippen molar-refractivity contribution in [3.05, 3.63) is 35.4 Å². The van der Waals surface area contributed by atoms with Gasteiger partial charge in [0.15, 0.2) is 0 Å². The normalized spacial score (nSPS) is 30.5. The Labute approximate surface area is 146 Å². The molecule has 1 aromatic rings. The second kappa shape index (κ2) is 6.76. The van der Waals surface area contributed by atoms with Crippen molar-refractivity contribution in [3.8, 4) is 0 Å². The van der Waals surface area contributed by atoms with Crippen LogP contribution in [0.3, 0.4) is 0 Å². The standard InChI is InChI=1S/C18H24N2O3S/c1-12-3-5-13(6-4-12)18(2)8-9-20(17(18)22)15-7-10-24-11-14(15)16(21)19-23/h3-6,14-15,23H,7-11H2,1-2H3,(H,19,21). The highest BCUT2D eigenvalue weighted by Crippen LogP contribution is 2.39. The molecule has 2 N–H and O–H groups in total. The van der Waals surface area contributed by atoms with Gasteiger partial charge in [-0.1, -0.05) is 29.8 Å². The van der Waals surface area contributed by atoms with Crippen molar-refractivity contribution < 1.29 is 14.8 Å². The summed E-state index contributed by atoms with van der Waals surface area (Å²) in [5, 5.41) is 9.01. The van der Waals surface area contributed by atoms with Gasteiger partial charge in [-0.05, 0) is 38.0 Å². The molecule has 3 unspecified atom stereocenters. The van der Waals surface area contributed by atoms with E-state index in [9.17, 15) is 9.59 Å². The van der Waals surface area contributed by atoms with Crippen LogP contribution >= 0.6 is 11.8 Å². The third-order valence-corrected chi connectivity index (χ3v) is 6.56. The molecule has 2 fully saturated rings. The Kier molecular flexibility index (Phi) is 4.88. The number of nitrogens with zero attached hydrogens (tertiary/aromatic N) is 1. The summed E-state index contributed by atoms with van der Waals surface area (Å²) < 4.78 is 0. The number of amides is 2. The second-order valence-corrected chi connectivity index (χ2v) is 8.11. The van der Waals surface area contributed by atoms with Crippen LogP contribution in [-0.4, -0.2) is 46.0 Å². The second-order valence-electron chi connectivity index (χ2n) is 6.96. The zero-order valence-electron chi connectivity index (χ0n) is 14.1. The minimum Gasteiger partial charge on any atom is -0.338 e. The molecule has 5 nitrogen and oxygen atoms in total. The summed E-state index contributed by atoms with van der Waals surface area (Å²) in [5.74, 6) is 0.938. The molecule has 0 saturated carbocycles. The molecule has 1 aromatic carbocycles. The van der Waals surface area contributed by atoms with Gasteiger partial charge < -0.3 is 4.90 Å². The molecule has 0 aromatic heterocycles. The molecular weight excluding hydrogens is 324 g/mol. The molecular formula is C18H24N2O3S. The van der Waals surface area contributed by atoms with E-state index in [0.717, 1.165) is 24.2 Å². The molecule has 3 rings (SSSR count). The van der Waals surface area contributed by atoms with Crippen LogP contribution < -0.4 is 5.48 Å². The maximum Gasteiger partial charge on any atom is 0.249 e. The average molecular weight is 348 g/mol. The topological polar surface area (TPSA) is 69.6 Å². The summed E-state index contributed by atoms with van der Waals surface area (Å²) in [6, 6.07) is 8.01. The van der Waals surface area contributed by atoms with E-state index in [-0.39, 0.29) is 23.8 Å². The zero-order valence-corrected chi connectivity index (χ0v) is 14.9. The first-order valence-electron chi connectivity index (χ1n) is 8.37. The van der Waals surface area contributed by atoms with Crippen LogP contribution in [0.15, 0.2) is 24.3 Å². The van der Waals surface area contributed by atoms with E-state index in [1.54, 1.807) is 17.2 Å². The molecule has 130 valence electrons. The third-order valence-electron chi connectivity index (χ3n) is 5.44. The predicted molar refractivity (Wildman–Crippen MR) is 94.0 cm³/mol. The molecule has 6 heteroatoms. The Morgan fingerprint density at radius 3 is 2.75 bits per heavy atom. The van der Waals surface area contributed by atoms with Gasteiger partial charge in [0.25, 0.3) is 0 Å². The van der Waals surface area contributed by atoms with Crippen LogP contribution in [0.25, 0.3) is 0 Å². The van der Waals surface area contributed by atoms with E-state index in [4.69, 9.17) is 5.21 Å². The molecule has 24 heavy (non-hydrogen) atoms. The lowest BCUT2D eigenvalue weighted by atomic mass is 9.80. The number of benzene rings is 1. The van der Waals surface area contributed by atoms with Gasteiger partial charge >= 0.3 is 0 Å². The van der Waals surface area contributed by atoms with Crippen LogP contribution in [0.5, 0.6) is 0 Å². The Morgan fingerprint density at radius 1 is 1.38 bits per heavy atom. The van der Waals surface area contributed by atoms with Crippen LogP contribution in [0.1, 0.15) is 30.9 Å². The smallest absolute Gasteiger partial charge is 0.249 e. The molecule has 2 aliphatic heterocycles. The van der Waals surface area contributed by atoms with Crippen molar-refractivity contribution in [1.82, 2.24) is 10.4 Å². The van der Waals surface area contributed by atoms with Crippen molar-refractivity contribution in [2.75, 3.05) is 18.1 Å². The van der Waals surface area contributed by atoms with E-state index >= 15 is 0 Å². The SMILES string of the molecule is Cc1ccc(C2(C)CCN(C3CCSCC3C(=O)NO)C2=O)cc1. The fourth-order valence-corrected chi connectivity index (χ4v) is 5.01. The minimum absolute atomic E-state index is 0.0963. The fraction of sp³-hybridized carbons (Fsp3) is 0.556. The van der Waals surface area contributed by atoms with E-state index in [1.807, 2.05) is 43.0 Å². The van der Waals surface area contributed by atoms with E-state index < -0.39 is 5.41 Å². The number of hydrogen-bond acceptors (Lipinski definition) is 4. The summed E-state index contributed by atoms with van der Waals surface area (Å²) >= 11 is 1.70. The lowest BCUT2D eigenvalue weighted by Gasteiger charge is -2.37. The highest BCUT2D eigenvalue weighted by molar-refractivity contribution is 7.99. The van der Waals surface area contributed by atoms with Crippen molar-refractivity contribution in [2.24, 2.45) is 5.92 Å². The number of carbonyl (C=O) groups excluding carboxylic acids is 2. The number of rotatable bonds is 3. The highest BCUT2D eigenvalue weighted by atomic mass is 32.2. The van der Waals surface area contributed by atoms with Gasteiger partial charge in [-0.2, -0.15) is 11.8 Å². The Bertz CT molecular complexity index is 634. The predicted octanol–water partition coefficient (Wildman–Crippen LogP) is 2.11. The summed E-state index contributed by atoms with van der Waals surface area (Å²) in [7, 11) is 0. The molecule has 2 saturated heterocycles. The van der Waals surface area contributed by atoms with E-state index in [2.05, 4.69) is 0 Å². The zero-order chi connectivity index (χ0) is 17.3. The van der Waals surface area contributed by atoms with Crippen molar-refractivity contribution in [1.29, 1.82) is 0 Å². The average Bonchev–Trinajstić information content (AvgIpc) is 2.91. The summed E-state index contributed by atoms with van der Waals surface area (Å²) in [6.45, 7) is 4.69. The maximum atomic E-state index is 13.2. The van der Waals surface area contributed by atoms with Gasteiger partial charge in [-0.3, -0.25) is 14.8 Å². The van der Waals surface area contributed by atoms with Crippen LogP contribution in [0, 0.1) is 12.8 Å². The molecule has 2 aliphatic rings. The molecule has 0 spiro atoms. The van der Waals surface area contributed by atoms with Crippen LogP contribution in [0.4, 0.5) is 0 Å². The monoisotopic (exact) mass is 348 g/mol. The fourth-order valence-electron chi connectivity index (χ4n) is 3.81. The Balaban J connectivity index is 1.84. The lowest BCUT2D eigenvalue weighted by molar-refractivity contribution is -0.140. The van der Waals surface area contributed by atoms with Gasteiger partial charge in [-0.15, -0.1) is 0 Å². The number of aryl methyl sites for hydroxylation is 1. The molecule has 0 bridgehead atoms. The number of hydrogen-bond donors (Lipinski definition) is 2. The van der Waals surface area contributed by atoms with Gasteiger partial charge in [0.2, 0.25) is 11.8 Å². The summed E-state index contributed by atoms with van der Waals surface area (Å²) in [5.41, 5.74) is 3.45. The van der Waals surface area contributed by atoms with Crippen molar-refractivity contribution >= 4 is 23.6 Å². The first kappa shape index (κ1) is 17.3. The molecule has 2 amide bonds. The van der Waals surface area contributed by atoms with Gasteiger partial charge in [0.05, 0.1) is 11.3 Å². The van der Waals surface area contributed by atoms with Crippen molar-refractivity contribution in [3.63, 3.8) is 0 Å². The number of nitrogens with one attached hydrogen (secondary N) is 1. The Morgan fingerprint density at radius 2 is 2.08 bits per heavy atom. The number of hydroxylamine groups is 1. The highest BCUT2D eigenvalue weighted by Gasteiger charge is 2.49. The van der Waals surface area contributed by atoms with Crippen molar-refractivity contribution in [2.45, 2.75) is 38.1 Å².